The summed E-state index contributed by atoms with van der Waals surface area (Å²) in [6.07, 6.45) is 0. The smallest absolute Gasteiger partial charge is 0.239 e. The Balaban J connectivity index is 2.07. The molecule has 0 unspecified atom stereocenters. The van der Waals surface area contributed by atoms with Gasteiger partial charge >= 0.3 is 0 Å². The van der Waals surface area contributed by atoms with E-state index < -0.39 is 11.6 Å². The lowest BCUT2D eigenvalue weighted by molar-refractivity contribution is -0.120. The number of hydrogen-bond donors (Lipinski definition) is 2. The predicted molar refractivity (Wildman–Crippen MR) is 75.2 cm³/mol. The lowest BCUT2D eigenvalue weighted by atomic mass is 10.1. The number of piperazine rings is 1. The Morgan fingerprint density at radius 1 is 1.38 bits per heavy atom. The van der Waals surface area contributed by atoms with Crippen LogP contribution < -0.4 is 15.5 Å². The van der Waals surface area contributed by atoms with E-state index in [-0.39, 0.29) is 18.1 Å². The maximum Gasteiger partial charge on any atom is 0.239 e. The van der Waals surface area contributed by atoms with Gasteiger partial charge < -0.3 is 20.3 Å². The summed E-state index contributed by atoms with van der Waals surface area (Å²) in [7, 11) is 1.59. The summed E-state index contributed by atoms with van der Waals surface area (Å²) >= 11 is 0. The molecule has 5 nitrogen and oxygen atoms in total. The van der Waals surface area contributed by atoms with Gasteiger partial charge in [0.15, 0.2) is 0 Å². The van der Waals surface area contributed by atoms with Gasteiger partial charge in [-0.05, 0) is 17.7 Å². The van der Waals surface area contributed by atoms with Crippen LogP contribution in [0.2, 0.25) is 0 Å². The Labute approximate surface area is 122 Å². The molecule has 0 aromatic heterocycles. The summed E-state index contributed by atoms with van der Waals surface area (Å²) in [5.41, 5.74) is 0.386. The summed E-state index contributed by atoms with van der Waals surface area (Å²) in [5, 5.41) is 5.65. The zero-order chi connectivity index (χ0) is 15.2. The van der Waals surface area contributed by atoms with Gasteiger partial charge in [0.2, 0.25) is 5.91 Å². The van der Waals surface area contributed by atoms with Crippen LogP contribution in [0, 0.1) is 11.6 Å². The van der Waals surface area contributed by atoms with Crippen LogP contribution in [0.1, 0.15) is 5.56 Å². The van der Waals surface area contributed by atoms with Gasteiger partial charge in [-0.15, -0.1) is 0 Å². The van der Waals surface area contributed by atoms with Crippen molar-refractivity contribution in [2.75, 3.05) is 44.8 Å². The SMILES string of the molecule is COCCNCc1cc(F)c(N2CCNC(=O)C2)c(F)c1. The second-order valence-electron chi connectivity index (χ2n) is 4.85. The summed E-state index contributed by atoms with van der Waals surface area (Å²) in [6, 6.07) is 2.59. The fourth-order valence-corrected chi connectivity index (χ4v) is 2.26. The molecule has 1 fully saturated rings. The van der Waals surface area contributed by atoms with Gasteiger partial charge in [-0.1, -0.05) is 0 Å². The molecule has 1 aromatic rings. The van der Waals surface area contributed by atoms with Gasteiger partial charge in [0, 0.05) is 33.3 Å². The van der Waals surface area contributed by atoms with E-state index in [4.69, 9.17) is 4.74 Å². The highest BCUT2D eigenvalue weighted by atomic mass is 19.1. The van der Waals surface area contributed by atoms with Gasteiger partial charge in [0.05, 0.1) is 13.2 Å². The van der Waals surface area contributed by atoms with Crippen LogP contribution in [0.25, 0.3) is 0 Å². The highest BCUT2D eigenvalue weighted by Crippen LogP contribution is 2.25. The van der Waals surface area contributed by atoms with Gasteiger partial charge in [-0.3, -0.25) is 4.79 Å². The van der Waals surface area contributed by atoms with Crippen molar-refractivity contribution in [3.63, 3.8) is 0 Å². The Bertz CT molecular complexity index is 488. The van der Waals surface area contributed by atoms with Crippen molar-refractivity contribution in [2.45, 2.75) is 6.54 Å². The quantitative estimate of drug-likeness (QED) is 0.757. The minimum Gasteiger partial charge on any atom is -0.383 e. The van der Waals surface area contributed by atoms with Crippen molar-refractivity contribution in [2.24, 2.45) is 0 Å². The lowest BCUT2D eigenvalue weighted by Gasteiger charge is -2.29. The molecule has 0 bridgehead atoms. The molecule has 7 heteroatoms. The van der Waals surface area contributed by atoms with Crippen molar-refractivity contribution in [1.82, 2.24) is 10.6 Å². The zero-order valence-corrected chi connectivity index (χ0v) is 11.9. The van der Waals surface area contributed by atoms with Crippen LogP contribution >= 0.6 is 0 Å². The first kappa shape index (κ1) is 15.7. The topological polar surface area (TPSA) is 53.6 Å². The number of carbonyl (C=O) groups is 1. The van der Waals surface area contributed by atoms with Crippen molar-refractivity contribution >= 4 is 11.6 Å². The number of anilines is 1. The first-order valence-electron chi connectivity index (χ1n) is 6.81. The molecule has 0 spiro atoms. The Morgan fingerprint density at radius 2 is 2.10 bits per heavy atom. The van der Waals surface area contributed by atoms with E-state index in [1.807, 2.05) is 0 Å². The van der Waals surface area contributed by atoms with Crippen molar-refractivity contribution in [3.8, 4) is 0 Å². The number of amides is 1. The maximum atomic E-state index is 14.1. The molecule has 116 valence electrons. The van der Waals surface area contributed by atoms with E-state index in [0.717, 1.165) is 0 Å². The highest BCUT2D eigenvalue weighted by Gasteiger charge is 2.23. The summed E-state index contributed by atoms with van der Waals surface area (Å²) in [6.45, 7) is 2.25. The molecule has 1 aliphatic heterocycles. The second-order valence-corrected chi connectivity index (χ2v) is 4.85. The summed E-state index contributed by atoms with van der Waals surface area (Å²) in [5.74, 6) is -1.52. The first-order valence-corrected chi connectivity index (χ1v) is 6.81. The molecule has 0 saturated carbocycles. The number of benzene rings is 1. The molecule has 0 aliphatic carbocycles. The fourth-order valence-electron chi connectivity index (χ4n) is 2.26. The molecule has 1 amide bonds. The maximum absolute atomic E-state index is 14.1. The molecule has 1 heterocycles. The van der Waals surface area contributed by atoms with Crippen LogP contribution in [0.4, 0.5) is 14.5 Å². The number of nitrogens with one attached hydrogen (secondary N) is 2. The van der Waals surface area contributed by atoms with Crippen LogP contribution in [0.5, 0.6) is 0 Å². The zero-order valence-electron chi connectivity index (χ0n) is 11.9. The van der Waals surface area contributed by atoms with Crippen LogP contribution in [-0.4, -0.2) is 45.8 Å². The molecule has 21 heavy (non-hydrogen) atoms. The molecule has 2 N–H and O–H groups in total. The lowest BCUT2D eigenvalue weighted by Crippen LogP contribution is -2.48. The Morgan fingerprint density at radius 3 is 2.71 bits per heavy atom. The van der Waals surface area contributed by atoms with E-state index in [1.165, 1.54) is 17.0 Å². The van der Waals surface area contributed by atoms with E-state index in [1.54, 1.807) is 7.11 Å². The molecular weight excluding hydrogens is 280 g/mol. The normalized spacial score (nSPS) is 15.2. The van der Waals surface area contributed by atoms with E-state index in [0.29, 0.717) is 38.3 Å². The molecule has 1 aliphatic rings. The number of rotatable bonds is 6. The Hall–Kier alpha value is -1.73. The fraction of sp³-hybridized carbons (Fsp3) is 0.500. The number of nitrogens with zero attached hydrogens (tertiary/aromatic N) is 1. The molecule has 1 saturated heterocycles. The van der Waals surface area contributed by atoms with Crippen molar-refractivity contribution in [1.29, 1.82) is 0 Å². The standard InChI is InChI=1S/C14H19F2N3O2/c1-21-5-3-17-8-10-6-11(15)14(12(16)7-10)19-4-2-18-13(20)9-19/h6-7,17H,2-5,8-9H2,1H3,(H,18,20). The Kier molecular flexibility index (Phi) is 5.46. The average molecular weight is 299 g/mol. The third-order valence-corrected chi connectivity index (χ3v) is 3.24. The van der Waals surface area contributed by atoms with Crippen LogP contribution in [0.3, 0.4) is 0 Å². The van der Waals surface area contributed by atoms with Gasteiger partial charge in [0.1, 0.15) is 17.3 Å². The van der Waals surface area contributed by atoms with E-state index in [2.05, 4.69) is 10.6 Å². The average Bonchev–Trinajstić information content (AvgIpc) is 2.43. The van der Waals surface area contributed by atoms with Crippen molar-refractivity contribution in [3.05, 3.63) is 29.3 Å². The predicted octanol–water partition coefficient (Wildman–Crippen LogP) is 0.637. The molecular formula is C14H19F2N3O2. The van der Waals surface area contributed by atoms with Gasteiger partial charge in [0.25, 0.3) is 0 Å². The second kappa shape index (κ2) is 7.33. The number of halogens is 2. The van der Waals surface area contributed by atoms with Gasteiger partial charge in [-0.2, -0.15) is 0 Å². The minimum atomic E-state index is -0.645. The van der Waals surface area contributed by atoms with Gasteiger partial charge in [-0.25, -0.2) is 8.78 Å². The molecule has 2 rings (SSSR count). The third kappa shape index (κ3) is 4.12. The number of carbonyl (C=O) groups excluding carboxylic acids is 1. The van der Waals surface area contributed by atoms with Crippen molar-refractivity contribution < 1.29 is 18.3 Å². The number of methoxy groups -OCH3 is 1. The first-order chi connectivity index (χ1) is 10.1. The monoisotopic (exact) mass is 299 g/mol. The van der Waals surface area contributed by atoms with E-state index >= 15 is 0 Å². The summed E-state index contributed by atoms with van der Waals surface area (Å²) < 4.78 is 33.1. The molecule has 0 radical (unpaired) electrons. The third-order valence-electron chi connectivity index (χ3n) is 3.24. The largest absolute Gasteiger partial charge is 0.383 e. The molecule has 1 aromatic carbocycles. The number of ether oxygens (including phenoxy) is 1. The summed E-state index contributed by atoms with van der Waals surface area (Å²) in [4.78, 5) is 12.7. The minimum absolute atomic E-state index is 0.0285. The van der Waals surface area contributed by atoms with E-state index in [9.17, 15) is 13.6 Å². The molecule has 0 atom stereocenters. The van der Waals surface area contributed by atoms with Crippen LogP contribution in [-0.2, 0) is 16.1 Å². The number of hydrogen-bond acceptors (Lipinski definition) is 4. The highest BCUT2D eigenvalue weighted by molar-refractivity contribution is 5.82. The van der Waals surface area contributed by atoms with Crippen LogP contribution in [0.15, 0.2) is 12.1 Å².